The van der Waals surface area contributed by atoms with E-state index < -0.39 is 0 Å². The van der Waals surface area contributed by atoms with E-state index in [0.717, 1.165) is 6.54 Å². The Hall–Kier alpha value is -0.570. The second-order valence-electron chi connectivity index (χ2n) is 6.26. The van der Waals surface area contributed by atoms with Crippen molar-refractivity contribution in [1.82, 2.24) is 5.43 Å². The van der Waals surface area contributed by atoms with Crippen LogP contribution in [-0.2, 0) is 4.79 Å². The van der Waals surface area contributed by atoms with E-state index in [0.29, 0.717) is 4.59 Å². The normalized spacial score (nSPS) is 11.6. The molecule has 0 unspecified atom stereocenters. The van der Waals surface area contributed by atoms with Gasteiger partial charge in [-0.25, -0.2) is 10.0 Å². The number of hydrogen-bond acceptors (Lipinski definition) is 1. The van der Waals surface area contributed by atoms with Gasteiger partial charge in [0.05, 0.1) is 14.1 Å². The van der Waals surface area contributed by atoms with E-state index in [4.69, 9.17) is 0 Å². The van der Waals surface area contributed by atoms with Crippen LogP contribution in [0, 0.1) is 0 Å². The molecule has 0 spiro atoms. The largest absolute Gasteiger partial charge is 0.270 e. The second-order valence-corrected chi connectivity index (χ2v) is 6.26. The Kier molecular flexibility index (Phi) is 10.9. The number of rotatable bonds is 12. The molecule has 1 amide bonds. The zero-order valence-electron chi connectivity index (χ0n) is 13.6. The summed E-state index contributed by atoms with van der Waals surface area (Å²) in [5.41, 5.74) is 2.95. The monoisotopic (exact) mass is 271 g/mol. The predicted molar refractivity (Wildman–Crippen MR) is 82.6 cm³/mol. The van der Waals surface area contributed by atoms with Crippen LogP contribution in [0.4, 0.5) is 0 Å². The third-order valence-electron chi connectivity index (χ3n) is 3.53. The maximum atomic E-state index is 11.0. The number of hydrogen-bond donors (Lipinski definition) is 1. The number of nitrogens with zero attached hydrogens (tertiary/aromatic N) is 1. The fourth-order valence-electron chi connectivity index (χ4n) is 2.48. The van der Waals surface area contributed by atoms with Gasteiger partial charge in [-0.2, -0.15) is 0 Å². The van der Waals surface area contributed by atoms with Crippen LogP contribution in [0.15, 0.2) is 0 Å². The van der Waals surface area contributed by atoms with Crippen molar-refractivity contribution in [2.24, 2.45) is 0 Å². The minimum Gasteiger partial charge on any atom is -0.270 e. The first-order valence-corrected chi connectivity index (χ1v) is 8.10. The van der Waals surface area contributed by atoms with Crippen LogP contribution in [0.1, 0.15) is 78.1 Å². The van der Waals surface area contributed by atoms with Gasteiger partial charge in [0.2, 0.25) is 0 Å². The standard InChI is InChI=1S/C16H34N2O/c1-5-6-7-8-9-10-11-12-13-14-15-18(3,4)17-16(2)19/h5-15H2,1-4H3/p+1. The van der Waals surface area contributed by atoms with E-state index in [1.165, 1.54) is 64.2 Å². The molecular weight excluding hydrogens is 236 g/mol. The zero-order valence-corrected chi connectivity index (χ0v) is 13.6. The van der Waals surface area contributed by atoms with Crippen LogP contribution < -0.4 is 5.43 Å². The van der Waals surface area contributed by atoms with E-state index in [1.54, 1.807) is 6.92 Å². The third-order valence-corrected chi connectivity index (χ3v) is 3.53. The van der Waals surface area contributed by atoms with Crippen molar-refractivity contribution in [1.29, 1.82) is 0 Å². The molecule has 1 N–H and O–H groups in total. The summed E-state index contributed by atoms with van der Waals surface area (Å²) in [5, 5.41) is 0. The molecule has 0 aliphatic carbocycles. The average Bonchev–Trinajstić information content (AvgIpc) is 2.30. The number of carbonyl (C=O) groups is 1. The lowest BCUT2D eigenvalue weighted by molar-refractivity contribution is -0.925. The summed E-state index contributed by atoms with van der Waals surface area (Å²) >= 11 is 0. The minimum absolute atomic E-state index is 0.0529. The summed E-state index contributed by atoms with van der Waals surface area (Å²) in [6.45, 7) is 4.87. The maximum absolute atomic E-state index is 11.0. The molecule has 114 valence electrons. The molecule has 0 aliphatic rings. The van der Waals surface area contributed by atoms with E-state index in [-0.39, 0.29) is 5.91 Å². The summed E-state index contributed by atoms with van der Waals surface area (Å²) in [7, 11) is 4.10. The molecule has 3 heteroatoms. The maximum Gasteiger partial charge on any atom is 0.261 e. The summed E-state index contributed by atoms with van der Waals surface area (Å²) < 4.78 is 0.604. The Labute approximate surface area is 120 Å². The Morgan fingerprint density at radius 2 is 1.26 bits per heavy atom. The molecule has 0 aromatic rings. The molecule has 0 aromatic carbocycles. The van der Waals surface area contributed by atoms with E-state index >= 15 is 0 Å². The third kappa shape index (κ3) is 13.7. The van der Waals surface area contributed by atoms with Gasteiger partial charge in [0.15, 0.2) is 0 Å². The summed E-state index contributed by atoms with van der Waals surface area (Å²) in [6, 6.07) is 0. The molecule has 0 saturated heterocycles. The van der Waals surface area contributed by atoms with Crippen LogP contribution in [0.3, 0.4) is 0 Å². The summed E-state index contributed by atoms with van der Waals surface area (Å²) in [5.74, 6) is 0.0529. The number of nitrogens with one attached hydrogen (secondary N) is 1. The van der Waals surface area contributed by atoms with Crippen LogP contribution in [0.2, 0.25) is 0 Å². The first-order valence-electron chi connectivity index (χ1n) is 8.10. The lowest BCUT2D eigenvalue weighted by Gasteiger charge is -2.28. The first-order chi connectivity index (χ1) is 8.98. The van der Waals surface area contributed by atoms with E-state index in [2.05, 4.69) is 26.4 Å². The molecule has 0 fully saturated rings. The molecule has 0 aromatic heterocycles. The molecule has 3 nitrogen and oxygen atoms in total. The molecule has 0 atom stereocenters. The second kappa shape index (κ2) is 11.3. The Morgan fingerprint density at radius 3 is 1.68 bits per heavy atom. The van der Waals surface area contributed by atoms with Crippen LogP contribution in [0.5, 0.6) is 0 Å². The van der Waals surface area contributed by atoms with Gasteiger partial charge in [-0.1, -0.05) is 58.3 Å². The fraction of sp³-hybridized carbons (Fsp3) is 0.938. The minimum atomic E-state index is 0.0529. The highest BCUT2D eigenvalue weighted by Gasteiger charge is 2.15. The summed E-state index contributed by atoms with van der Waals surface area (Å²) in [4.78, 5) is 11.0. The van der Waals surface area contributed by atoms with Gasteiger partial charge in [-0.05, 0) is 12.8 Å². The lowest BCUT2D eigenvalue weighted by Crippen LogP contribution is -2.54. The molecule has 0 rings (SSSR count). The predicted octanol–water partition coefficient (Wildman–Crippen LogP) is 4.03. The van der Waals surface area contributed by atoms with Gasteiger partial charge in [0.25, 0.3) is 5.91 Å². The van der Waals surface area contributed by atoms with Crippen molar-refractivity contribution in [2.75, 3.05) is 20.6 Å². The highest BCUT2D eigenvalue weighted by molar-refractivity contribution is 5.71. The van der Waals surface area contributed by atoms with Crippen molar-refractivity contribution in [2.45, 2.75) is 78.1 Å². The van der Waals surface area contributed by atoms with E-state index in [1.807, 2.05) is 0 Å². The number of amides is 1. The van der Waals surface area contributed by atoms with Crippen molar-refractivity contribution >= 4 is 5.91 Å². The van der Waals surface area contributed by atoms with Gasteiger partial charge in [-0.3, -0.25) is 4.79 Å². The van der Waals surface area contributed by atoms with Crippen LogP contribution in [-0.4, -0.2) is 31.1 Å². The summed E-state index contributed by atoms with van der Waals surface area (Å²) in [6.07, 6.45) is 13.6. The average molecular weight is 271 g/mol. The SMILES string of the molecule is CCCCCCCCCCCC[N+](C)(C)NC(C)=O. The molecule has 0 saturated carbocycles. The number of carbonyl (C=O) groups excluding carboxylic acids is 1. The van der Waals surface area contributed by atoms with Crippen molar-refractivity contribution in [3.05, 3.63) is 0 Å². The molecule has 19 heavy (non-hydrogen) atoms. The molecule has 0 heterocycles. The van der Waals surface area contributed by atoms with Gasteiger partial charge < -0.3 is 0 Å². The van der Waals surface area contributed by atoms with Gasteiger partial charge in [0, 0.05) is 6.92 Å². The van der Waals surface area contributed by atoms with Gasteiger partial charge in [0.1, 0.15) is 6.54 Å². The quantitative estimate of drug-likeness (QED) is 0.324. The first kappa shape index (κ1) is 18.4. The van der Waals surface area contributed by atoms with Crippen LogP contribution in [0.25, 0.3) is 0 Å². The topological polar surface area (TPSA) is 29.1 Å². The number of quaternary nitrogens is 1. The number of unbranched alkanes of at least 4 members (excludes halogenated alkanes) is 9. The lowest BCUT2D eigenvalue weighted by atomic mass is 10.1. The Morgan fingerprint density at radius 1 is 0.842 bits per heavy atom. The smallest absolute Gasteiger partial charge is 0.261 e. The fourth-order valence-corrected chi connectivity index (χ4v) is 2.48. The zero-order chi connectivity index (χ0) is 14.6. The molecule has 0 aliphatic heterocycles. The Balaban J connectivity index is 3.28. The highest BCUT2D eigenvalue weighted by Crippen LogP contribution is 2.11. The highest BCUT2D eigenvalue weighted by atomic mass is 16.2. The van der Waals surface area contributed by atoms with Crippen molar-refractivity contribution in [3.8, 4) is 0 Å². The van der Waals surface area contributed by atoms with Crippen molar-refractivity contribution < 1.29 is 9.39 Å². The Bertz CT molecular complexity index is 227. The van der Waals surface area contributed by atoms with Gasteiger partial charge >= 0.3 is 0 Å². The van der Waals surface area contributed by atoms with Crippen LogP contribution >= 0.6 is 0 Å². The van der Waals surface area contributed by atoms with Crippen molar-refractivity contribution in [3.63, 3.8) is 0 Å². The van der Waals surface area contributed by atoms with Gasteiger partial charge in [-0.15, -0.1) is 0 Å². The molecule has 0 radical (unpaired) electrons. The molecular formula is C16H35N2O+. The van der Waals surface area contributed by atoms with E-state index in [9.17, 15) is 4.79 Å². The molecule has 0 bridgehead atoms.